The van der Waals surface area contributed by atoms with Crippen molar-refractivity contribution in [3.05, 3.63) is 33.4 Å². The molecule has 1 aromatic rings. The standard InChI is InChI=1S/C14H17BrINO/c15-9-10-17(13-3-1-2-4-13)14(18)11-5-7-12(16)8-6-11/h5-8,13H,1-4,9-10H2. The summed E-state index contributed by atoms with van der Waals surface area (Å²) in [6.45, 7) is 0.801. The Bertz CT molecular complexity index is 401. The van der Waals surface area contributed by atoms with Gasteiger partial charge < -0.3 is 4.90 Å². The molecule has 0 N–H and O–H groups in total. The fraction of sp³-hybridized carbons (Fsp3) is 0.500. The van der Waals surface area contributed by atoms with Gasteiger partial charge in [-0.3, -0.25) is 4.79 Å². The molecule has 4 heteroatoms. The third kappa shape index (κ3) is 3.47. The molecule has 1 aliphatic rings. The molecule has 0 spiro atoms. The summed E-state index contributed by atoms with van der Waals surface area (Å²) in [4.78, 5) is 14.6. The van der Waals surface area contributed by atoms with Gasteiger partial charge in [-0.1, -0.05) is 28.8 Å². The van der Waals surface area contributed by atoms with Crippen molar-refractivity contribution in [1.29, 1.82) is 0 Å². The Hall–Kier alpha value is -0.100. The topological polar surface area (TPSA) is 20.3 Å². The number of carbonyl (C=O) groups is 1. The molecule has 0 unspecified atom stereocenters. The van der Waals surface area contributed by atoms with Crippen LogP contribution in [0.1, 0.15) is 36.0 Å². The Morgan fingerprint density at radius 2 is 1.89 bits per heavy atom. The zero-order chi connectivity index (χ0) is 13.0. The third-order valence-electron chi connectivity index (χ3n) is 3.44. The second-order valence-electron chi connectivity index (χ2n) is 4.63. The number of rotatable bonds is 4. The van der Waals surface area contributed by atoms with Crippen LogP contribution in [0, 0.1) is 3.57 Å². The van der Waals surface area contributed by atoms with Crippen molar-refractivity contribution >= 4 is 44.4 Å². The van der Waals surface area contributed by atoms with Crippen molar-refractivity contribution < 1.29 is 4.79 Å². The first-order valence-corrected chi connectivity index (χ1v) is 8.55. The number of nitrogens with zero attached hydrogens (tertiary/aromatic N) is 1. The van der Waals surface area contributed by atoms with Gasteiger partial charge in [0.25, 0.3) is 5.91 Å². The van der Waals surface area contributed by atoms with Gasteiger partial charge in [0.05, 0.1) is 0 Å². The molecule has 0 bridgehead atoms. The zero-order valence-corrected chi connectivity index (χ0v) is 14.0. The molecular weight excluding hydrogens is 405 g/mol. The second kappa shape index (κ2) is 6.89. The van der Waals surface area contributed by atoms with E-state index in [0.29, 0.717) is 6.04 Å². The maximum Gasteiger partial charge on any atom is 0.254 e. The lowest BCUT2D eigenvalue weighted by Crippen LogP contribution is -2.40. The summed E-state index contributed by atoms with van der Waals surface area (Å²) in [7, 11) is 0. The monoisotopic (exact) mass is 421 g/mol. The predicted octanol–water partition coefficient (Wildman–Crippen LogP) is 4.07. The summed E-state index contributed by atoms with van der Waals surface area (Å²) in [5.74, 6) is 0.178. The lowest BCUT2D eigenvalue weighted by Gasteiger charge is -2.28. The summed E-state index contributed by atoms with van der Waals surface area (Å²) in [6.07, 6.45) is 4.82. The van der Waals surface area contributed by atoms with E-state index in [1.807, 2.05) is 29.2 Å². The Morgan fingerprint density at radius 1 is 1.28 bits per heavy atom. The van der Waals surface area contributed by atoms with Gasteiger partial charge in [-0.25, -0.2) is 0 Å². The molecule has 0 radical (unpaired) electrons. The smallest absolute Gasteiger partial charge is 0.254 e. The van der Waals surface area contributed by atoms with Gasteiger partial charge in [0, 0.05) is 27.1 Å². The third-order valence-corrected chi connectivity index (χ3v) is 4.52. The Morgan fingerprint density at radius 3 is 2.44 bits per heavy atom. The number of hydrogen-bond acceptors (Lipinski definition) is 1. The summed E-state index contributed by atoms with van der Waals surface area (Å²) in [6, 6.07) is 8.29. The van der Waals surface area contributed by atoms with Crippen LogP contribution in [0.2, 0.25) is 0 Å². The maximum absolute atomic E-state index is 12.5. The molecule has 18 heavy (non-hydrogen) atoms. The van der Waals surface area contributed by atoms with Crippen LogP contribution >= 0.6 is 38.5 Å². The van der Waals surface area contributed by atoms with E-state index >= 15 is 0 Å². The fourth-order valence-corrected chi connectivity index (χ4v) is 3.26. The molecule has 1 aromatic carbocycles. The lowest BCUT2D eigenvalue weighted by atomic mass is 10.1. The van der Waals surface area contributed by atoms with Gasteiger partial charge in [-0.05, 0) is 59.7 Å². The van der Waals surface area contributed by atoms with E-state index in [1.165, 1.54) is 12.8 Å². The highest BCUT2D eigenvalue weighted by molar-refractivity contribution is 14.1. The van der Waals surface area contributed by atoms with Gasteiger partial charge in [0.1, 0.15) is 0 Å². The minimum absolute atomic E-state index is 0.178. The predicted molar refractivity (Wildman–Crippen MR) is 86.2 cm³/mol. The summed E-state index contributed by atoms with van der Waals surface area (Å²) in [5, 5.41) is 0.847. The molecule has 0 atom stereocenters. The summed E-state index contributed by atoms with van der Waals surface area (Å²) < 4.78 is 1.16. The number of amides is 1. The van der Waals surface area contributed by atoms with Crippen molar-refractivity contribution in [3.8, 4) is 0 Å². The molecule has 0 aliphatic heterocycles. The van der Waals surface area contributed by atoms with Crippen LogP contribution in [0.3, 0.4) is 0 Å². The Kier molecular flexibility index (Phi) is 5.48. The van der Waals surface area contributed by atoms with Gasteiger partial charge in [0.2, 0.25) is 0 Å². The first-order chi connectivity index (χ1) is 8.72. The molecule has 0 heterocycles. The Labute approximate surface area is 130 Å². The SMILES string of the molecule is O=C(c1ccc(I)cc1)N(CCBr)C1CCCC1. The lowest BCUT2D eigenvalue weighted by molar-refractivity contribution is 0.0696. The number of benzene rings is 1. The number of alkyl halides is 1. The molecule has 1 aliphatic carbocycles. The van der Waals surface area contributed by atoms with Crippen molar-refractivity contribution in [2.75, 3.05) is 11.9 Å². The van der Waals surface area contributed by atoms with Crippen LogP contribution in [0.4, 0.5) is 0 Å². The van der Waals surface area contributed by atoms with Crippen LogP contribution in [-0.2, 0) is 0 Å². The first kappa shape index (κ1) is 14.3. The number of carbonyl (C=O) groups excluding carboxylic acids is 1. The van der Waals surface area contributed by atoms with E-state index in [9.17, 15) is 4.79 Å². The molecule has 0 saturated heterocycles. The average molecular weight is 422 g/mol. The van der Waals surface area contributed by atoms with E-state index in [-0.39, 0.29) is 5.91 Å². The second-order valence-corrected chi connectivity index (χ2v) is 6.67. The number of halogens is 2. The van der Waals surface area contributed by atoms with E-state index in [1.54, 1.807) is 0 Å². The van der Waals surface area contributed by atoms with Gasteiger partial charge in [-0.15, -0.1) is 0 Å². The molecule has 1 amide bonds. The van der Waals surface area contributed by atoms with Gasteiger partial charge >= 0.3 is 0 Å². The normalized spacial score (nSPS) is 15.9. The highest BCUT2D eigenvalue weighted by atomic mass is 127. The molecule has 98 valence electrons. The van der Waals surface area contributed by atoms with Gasteiger partial charge in [-0.2, -0.15) is 0 Å². The first-order valence-electron chi connectivity index (χ1n) is 6.35. The van der Waals surface area contributed by atoms with Crippen LogP contribution in [-0.4, -0.2) is 28.7 Å². The summed E-state index contributed by atoms with van der Waals surface area (Å²) in [5.41, 5.74) is 0.809. The molecule has 2 nitrogen and oxygen atoms in total. The largest absolute Gasteiger partial charge is 0.335 e. The molecule has 2 rings (SSSR count). The van der Waals surface area contributed by atoms with Crippen LogP contribution in [0.25, 0.3) is 0 Å². The highest BCUT2D eigenvalue weighted by Crippen LogP contribution is 2.25. The molecule has 0 aromatic heterocycles. The number of hydrogen-bond donors (Lipinski definition) is 0. The van der Waals surface area contributed by atoms with E-state index in [0.717, 1.165) is 33.9 Å². The van der Waals surface area contributed by atoms with Crippen molar-refractivity contribution in [3.63, 3.8) is 0 Å². The maximum atomic E-state index is 12.5. The van der Waals surface area contributed by atoms with Crippen LogP contribution < -0.4 is 0 Å². The van der Waals surface area contributed by atoms with Crippen LogP contribution in [0.5, 0.6) is 0 Å². The Balaban J connectivity index is 2.14. The van der Waals surface area contributed by atoms with Gasteiger partial charge in [0.15, 0.2) is 0 Å². The van der Waals surface area contributed by atoms with Crippen molar-refractivity contribution in [2.24, 2.45) is 0 Å². The molecule has 1 saturated carbocycles. The zero-order valence-electron chi connectivity index (χ0n) is 10.2. The van der Waals surface area contributed by atoms with Crippen molar-refractivity contribution in [2.45, 2.75) is 31.7 Å². The quantitative estimate of drug-likeness (QED) is 0.530. The minimum atomic E-state index is 0.178. The fourth-order valence-electron chi connectivity index (χ4n) is 2.52. The minimum Gasteiger partial charge on any atom is -0.335 e. The van der Waals surface area contributed by atoms with Crippen LogP contribution in [0.15, 0.2) is 24.3 Å². The molecular formula is C14H17BrINO. The highest BCUT2D eigenvalue weighted by Gasteiger charge is 2.26. The summed E-state index contributed by atoms with van der Waals surface area (Å²) >= 11 is 5.71. The average Bonchev–Trinajstić information content (AvgIpc) is 2.90. The van der Waals surface area contributed by atoms with E-state index in [2.05, 4.69) is 38.5 Å². The van der Waals surface area contributed by atoms with Crippen molar-refractivity contribution in [1.82, 2.24) is 4.90 Å². The molecule has 1 fully saturated rings. The van der Waals surface area contributed by atoms with E-state index < -0.39 is 0 Å². The van der Waals surface area contributed by atoms with E-state index in [4.69, 9.17) is 0 Å².